The number of hydrogen-bond acceptors (Lipinski definition) is 3. The van der Waals surface area contributed by atoms with E-state index >= 15 is 0 Å². The highest BCUT2D eigenvalue weighted by Crippen LogP contribution is 2.29. The highest BCUT2D eigenvalue weighted by atomic mass is 35.5. The Kier molecular flexibility index (Phi) is 5.42. The van der Waals surface area contributed by atoms with E-state index in [4.69, 9.17) is 16.3 Å². The lowest BCUT2D eigenvalue weighted by molar-refractivity contribution is -0.0527. The molecule has 116 valence electrons. The van der Waals surface area contributed by atoms with Gasteiger partial charge in [-0.1, -0.05) is 25.4 Å². The van der Waals surface area contributed by atoms with E-state index in [9.17, 15) is 4.79 Å². The number of carbonyl (C=O) groups excluding carboxylic acids is 1. The van der Waals surface area contributed by atoms with Crippen LogP contribution in [-0.4, -0.2) is 30.3 Å². The third-order valence-electron chi connectivity index (χ3n) is 3.72. The number of urea groups is 1. The summed E-state index contributed by atoms with van der Waals surface area (Å²) in [5.74, 6) is 0. The molecule has 0 bridgehead atoms. The standard InChI is InChI=1S/C15H22ClN3O2/c1-15(2,13-5-3-4-6-21-13)10-18-14(20)19-12-7-11(16)8-17-9-12/h7-9,13H,3-6,10H2,1-2H3,(H2,18,19,20). The first kappa shape index (κ1) is 16.0. The zero-order valence-electron chi connectivity index (χ0n) is 12.5. The number of nitrogens with one attached hydrogen (secondary N) is 2. The average molecular weight is 312 g/mol. The summed E-state index contributed by atoms with van der Waals surface area (Å²) in [5.41, 5.74) is 0.483. The molecule has 1 aromatic rings. The molecule has 5 nitrogen and oxygen atoms in total. The lowest BCUT2D eigenvalue weighted by atomic mass is 9.82. The molecule has 0 radical (unpaired) electrons. The maximum absolute atomic E-state index is 11.9. The van der Waals surface area contributed by atoms with E-state index in [1.54, 1.807) is 12.3 Å². The van der Waals surface area contributed by atoms with Crippen LogP contribution in [-0.2, 0) is 4.74 Å². The van der Waals surface area contributed by atoms with Crippen molar-refractivity contribution in [2.45, 2.75) is 39.2 Å². The topological polar surface area (TPSA) is 63.2 Å². The van der Waals surface area contributed by atoms with E-state index in [1.807, 2.05) is 0 Å². The summed E-state index contributed by atoms with van der Waals surface area (Å²) in [6.07, 6.45) is 6.64. The van der Waals surface area contributed by atoms with Crippen LogP contribution in [0.25, 0.3) is 0 Å². The molecule has 2 N–H and O–H groups in total. The SMILES string of the molecule is CC(C)(CNC(=O)Nc1cncc(Cl)c1)C1CCCCO1. The summed E-state index contributed by atoms with van der Waals surface area (Å²) in [5, 5.41) is 6.10. The van der Waals surface area contributed by atoms with Gasteiger partial charge in [-0.05, 0) is 25.3 Å². The van der Waals surface area contributed by atoms with Crippen molar-refractivity contribution in [1.82, 2.24) is 10.3 Å². The summed E-state index contributed by atoms with van der Waals surface area (Å²) in [6, 6.07) is 1.40. The highest BCUT2D eigenvalue weighted by molar-refractivity contribution is 6.30. The number of anilines is 1. The van der Waals surface area contributed by atoms with Gasteiger partial charge in [0.05, 0.1) is 23.0 Å². The molecule has 1 aromatic heterocycles. The number of halogens is 1. The van der Waals surface area contributed by atoms with Crippen LogP contribution in [0.4, 0.5) is 10.5 Å². The molecule has 0 aromatic carbocycles. The Bertz CT molecular complexity index is 488. The molecule has 0 saturated carbocycles. The van der Waals surface area contributed by atoms with Gasteiger partial charge in [-0.25, -0.2) is 4.79 Å². The Morgan fingerprint density at radius 2 is 2.29 bits per heavy atom. The zero-order chi connectivity index (χ0) is 15.3. The number of aromatic nitrogens is 1. The quantitative estimate of drug-likeness (QED) is 0.895. The summed E-state index contributed by atoms with van der Waals surface area (Å²) in [6.45, 7) is 5.60. The molecule has 1 aliphatic rings. The van der Waals surface area contributed by atoms with Gasteiger partial charge in [-0.2, -0.15) is 0 Å². The predicted octanol–water partition coefficient (Wildman–Crippen LogP) is 3.45. The van der Waals surface area contributed by atoms with Crippen molar-refractivity contribution < 1.29 is 9.53 Å². The number of ether oxygens (including phenoxy) is 1. The molecule has 2 amide bonds. The molecule has 1 fully saturated rings. The van der Waals surface area contributed by atoms with Gasteiger partial charge in [-0.15, -0.1) is 0 Å². The molecule has 0 spiro atoms. The first-order valence-electron chi connectivity index (χ1n) is 7.24. The molecule has 1 saturated heterocycles. The Morgan fingerprint density at radius 1 is 1.48 bits per heavy atom. The van der Waals surface area contributed by atoms with Crippen molar-refractivity contribution in [2.24, 2.45) is 5.41 Å². The van der Waals surface area contributed by atoms with Crippen molar-refractivity contribution in [3.8, 4) is 0 Å². The Morgan fingerprint density at radius 3 is 2.95 bits per heavy atom. The van der Waals surface area contributed by atoms with Gasteiger partial charge < -0.3 is 15.4 Å². The Hall–Kier alpha value is -1.33. The fraction of sp³-hybridized carbons (Fsp3) is 0.600. The molecule has 1 atom stereocenters. The number of rotatable bonds is 4. The molecular weight excluding hydrogens is 290 g/mol. The van der Waals surface area contributed by atoms with E-state index < -0.39 is 0 Å². The fourth-order valence-electron chi connectivity index (χ4n) is 2.43. The predicted molar refractivity (Wildman–Crippen MR) is 83.6 cm³/mol. The summed E-state index contributed by atoms with van der Waals surface area (Å²) in [7, 11) is 0. The zero-order valence-corrected chi connectivity index (χ0v) is 13.2. The third-order valence-corrected chi connectivity index (χ3v) is 3.93. The minimum atomic E-state index is -0.261. The van der Waals surface area contributed by atoms with E-state index in [1.165, 1.54) is 12.6 Å². The maximum atomic E-state index is 11.9. The molecule has 1 unspecified atom stereocenters. The van der Waals surface area contributed by atoms with Crippen LogP contribution in [0.3, 0.4) is 0 Å². The monoisotopic (exact) mass is 311 g/mol. The average Bonchev–Trinajstić information content (AvgIpc) is 2.46. The van der Waals surface area contributed by atoms with Gasteiger partial charge >= 0.3 is 6.03 Å². The van der Waals surface area contributed by atoms with Crippen LogP contribution in [0.15, 0.2) is 18.5 Å². The summed E-state index contributed by atoms with van der Waals surface area (Å²) < 4.78 is 5.81. The fourth-order valence-corrected chi connectivity index (χ4v) is 2.61. The molecule has 6 heteroatoms. The van der Waals surface area contributed by atoms with Gasteiger partial charge in [0, 0.05) is 24.8 Å². The van der Waals surface area contributed by atoms with Crippen molar-refractivity contribution in [1.29, 1.82) is 0 Å². The van der Waals surface area contributed by atoms with Gasteiger partial charge in [-0.3, -0.25) is 4.98 Å². The molecule has 21 heavy (non-hydrogen) atoms. The van der Waals surface area contributed by atoms with Crippen molar-refractivity contribution in [2.75, 3.05) is 18.5 Å². The van der Waals surface area contributed by atoms with Crippen LogP contribution < -0.4 is 10.6 Å². The van der Waals surface area contributed by atoms with E-state index in [-0.39, 0.29) is 17.6 Å². The number of pyridine rings is 1. The number of hydrogen-bond donors (Lipinski definition) is 2. The van der Waals surface area contributed by atoms with Crippen molar-refractivity contribution in [3.63, 3.8) is 0 Å². The highest BCUT2D eigenvalue weighted by Gasteiger charge is 2.32. The number of carbonyl (C=O) groups is 1. The van der Waals surface area contributed by atoms with Crippen molar-refractivity contribution >= 4 is 23.3 Å². The maximum Gasteiger partial charge on any atom is 0.319 e. The van der Waals surface area contributed by atoms with Crippen molar-refractivity contribution in [3.05, 3.63) is 23.5 Å². The minimum Gasteiger partial charge on any atom is -0.378 e. The van der Waals surface area contributed by atoms with Gasteiger partial charge in [0.15, 0.2) is 0 Å². The third kappa shape index (κ3) is 4.86. The molecular formula is C15H22ClN3O2. The van der Waals surface area contributed by atoms with Gasteiger partial charge in [0.1, 0.15) is 0 Å². The largest absolute Gasteiger partial charge is 0.378 e. The Labute approximate surface area is 130 Å². The number of nitrogens with zero attached hydrogens (tertiary/aromatic N) is 1. The van der Waals surface area contributed by atoms with E-state index in [0.29, 0.717) is 17.3 Å². The molecule has 2 heterocycles. The lowest BCUT2D eigenvalue weighted by Crippen LogP contribution is -2.44. The summed E-state index contributed by atoms with van der Waals surface area (Å²) in [4.78, 5) is 15.8. The number of amides is 2. The van der Waals surface area contributed by atoms with E-state index in [0.717, 1.165) is 19.4 Å². The van der Waals surface area contributed by atoms with Crippen LogP contribution in [0.5, 0.6) is 0 Å². The smallest absolute Gasteiger partial charge is 0.319 e. The molecule has 2 rings (SSSR count). The van der Waals surface area contributed by atoms with Crippen LogP contribution in [0.2, 0.25) is 5.02 Å². The second kappa shape index (κ2) is 7.09. The first-order chi connectivity index (χ1) is 9.97. The van der Waals surface area contributed by atoms with Crippen LogP contribution in [0.1, 0.15) is 33.1 Å². The van der Waals surface area contributed by atoms with Crippen LogP contribution in [0, 0.1) is 5.41 Å². The second-order valence-electron chi connectivity index (χ2n) is 6.04. The van der Waals surface area contributed by atoms with Crippen LogP contribution >= 0.6 is 11.6 Å². The van der Waals surface area contributed by atoms with E-state index in [2.05, 4.69) is 29.5 Å². The normalized spacial score (nSPS) is 19.1. The molecule has 1 aliphatic heterocycles. The van der Waals surface area contributed by atoms with Gasteiger partial charge in [0.25, 0.3) is 0 Å². The first-order valence-corrected chi connectivity index (χ1v) is 7.62. The van der Waals surface area contributed by atoms with Gasteiger partial charge in [0.2, 0.25) is 0 Å². The lowest BCUT2D eigenvalue weighted by Gasteiger charge is -2.36. The minimum absolute atomic E-state index is 0.0929. The summed E-state index contributed by atoms with van der Waals surface area (Å²) >= 11 is 5.83. The second-order valence-corrected chi connectivity index (χ2v) is 6.48. The molecule has 0 aliphatic carbocycles. The Balaban J connectivity index is 1.82.